The summed E-state index contributed by atoms with van der Waals surface area (Å²) in [6.07, 6.45) is 3.14. The van der Waals surface area contributed by atoms with Crippen LogP contribution in [0.1, 0.15) is 49.9 Å². The summed E-state index contributed by atoms with van der Waals surface area (Å²) in [7, 11) is 0. The minimum Gasteiger partial charge on any atom is -0.478 e. The van der Waals surface area contributed by atoms with Crippen LogP contribution in [0.3, 0.4) is 0 Å². The number of carbonyl (C=O) groups is 3. The molecule has 9 heteroatoms. The van der Waals surface area contributed by atoms with Crippen molar-refractivity contribution in [2.24, 2.45) is 0 Å². The number of unbranched alkanes of at least 4 members (excludes halogenated alkanes) is 2. The van der Waals surface area contributed by atoms with Gasteiger partial charge in [-0.2, -0.15) is 0 Å². The summed E-state index contributed by atoms with van der Waals surface area (Å²) < 4.78 is 1.50. The standard InChI is InChI=1S/C15H17I3N2O4/c1-3-4-5-6-8(22)20-14-11(17)9(15(23)24)10(16)13(12(14)18)19-7(2)21/h3-6H2,1-2H3,(H,19,21)(H,20,22)(H,23,24). The molecule has 0 aliphatic rings. The third-order valence-electron chi connectivity index (χ3n) is 3.10. The lowest BCUT2D eigenvalue weighted by Crippen LogP contribution is -2.19. The zero-order chi connectivity index (χ0) is 18.4. The predicted octanol–water partition coefficient (Wildman–Crippen LogP) is 4.68. The molecular weight excluding hydrogens is 653 g/mol. The normalized spacial score (nSPS) is 10.4. The van der Waals surface area contributed by atoms with Crippen LogP contribution >= 0.6 is 67.8 Å². The van der Waals surface area contributed by atoms with E-state index < -0.39 is 5.97 Å². The van der Waals surface area contributed by atoms with Gasteiger partial charge in [0.1, 0.15) is 0 Å². The molecule has 1 aromatic rings. The molecule has 2 amide bonds. The largest absolute Gasteiger partial charge is 0.478 e. The van der Waals surface area contributed by atoms with Crippen molar-refractivity contribution in [2.45, 2.75) is 39.5 Å². The molecule has 0 fully saturated rings. The zero-order valence-corrected chi connectivity index (χ0v) is 19.6. The smallest absolute Gasteiger partial charge is 0.338 e. The van der Waals surface area contributed by atoms with Crippen LogP contribution < -0.4 is 10.6 Å². The van der Waals surface area contributed by atoms with Crippen LogP contribution in [0.15, 0.2) is 0 Å². The SMILES string of the molecule is CCCCCC(=O)Nc1c(I)c(NC(C)=O)c(I)c(C(=O)O)c1I. The molecule has 0 atom stereocenters. The van der Waals surface area contributed by atoms with E-state index in [-0.39, 0.29) is 17.4 Å². The molecule has 0 aromatic heterocycles. The van der Waals surface area contributed by atoms with Gasteiger partial charge in [0.2, 0.25) is 11.8 Å². The Bertz CT molecular complexity index is 677. The molecule has 0 aliphatic carbocycles. The number of carboxylic acid groups (broad SMARTS) is 1. The van der Waals surface area contributed by atoms with E-state index in [1.807, 2.05) is 67.8 Å². The van der Waals surface area contributed by atoms with Crippen molar-refractivity contribution in [3.63, 3.8) is 0 Å². The predicted molar refractivity (Wildman–Crippen MR) is 119 cm³/mol. The van der Waals surface area contributed by atoms with E-state index >= 15 is 0 Å². The number of hydrogen-bond acceptors (Lipinski definition) is 3. The van der Waals surface area contributed by atoms with Crippen molar-refractivity contribution in [1.29, 1.82) is 0 Å². The molecule has 0 saturated carbocycles. The first-order valence-corrected chi connectivity index (χ1v) is 10.4. The van der Waals surface area contributed by atoms with Gasteiger partial charge in [-0.1, -0.05) is 19.8 Å². The Morgan fingerprint density at radius 1 is 0.958 bits per heavy atom. The first-order valence-electron chi connectivity index (χ1n) is 7.21. The number of carboxylic acids is 1. The maximum absolute atomic E-state index is 12.1. The second-order valence-electron chi connectivity index (χ2n) is 5.06. The van der Waals surface area contributed by atoms with Crippen LogP contribution in [0.2, 0.25) is 0 Å². The fraction of sp³-hybridized carbons (Fsp3) is 0.400. The van der Waals surface area contributed by atoms with E-state index in [2.05, 4.69) is 17.6 Å². The van der Waals surface area contributed by atoms with E-state index in [0.29, 0.717) is 28.5 Å². The van der Waals surface area contributed by atoms with E-state index in [1.165, 1.54) is 6.92 Å². The number of nitrogens with one attached hydrogen (secondary N) is 2. The molecule has 0 unspecified atom stereocenters. The van der Waals surface area contributed by atoms with Gasteiger partial charge in [0.25, 0.3) is 0 Å². The van der Waals surface area contributed by atoms with Gasteiger partial charge in [-0.15, -0.1) is 0 Å². The molecule has 0 radical (unpaired) electrons. The molecule has 0 spiro atoms. The molecular formula is C15H17I3N2O4. The van der Waals surface area contributed by atoms with Gasteiger partial charge >= 0.3 is 5.97 Å². The summed E-state index contributed by atoms with van der Waals surface area (Å²) in [5, 5.41) is 14.9. The third-order valence-corrected chi connectivity index (χ3v) is 6.34. The Morgan fingerprint density at radius 2 is 1.50 bits per heavy atom. The lowest BCUT2D eigenvalue weighted by atomic mass is 10.1. The molecule has 24 heavy (non-hydrogen) atoms. The Morgan fingerprint density at radius 3 is 1.96 bits per heavy atom. The van der Waals surface area contributed by atoms with Crippen molar-refractivity contribution >= 4 is 96.9 Å². The quantitative estimate of drug-likeness (QED) is 0.291. The molecule has 132 valence electrons. The van der Waals surface area contributed by atoms with Crippen molar-refractivity contribution in [2.75, 3.05) is 10.6 Å². The van der Waals surface area contributed by atoms with Gasteiger partial charge in [0.05, 0.1) is 27.6 Å². The number of hydrogen-bond donors (Lipinski definition) is 3. The van der Waals surface area contributed by atoms with Crippen LogP contribution in [0.25, 0.3) is 0 Å². The number of halogens is 3. The average molecular weight is 670 g/mol. The van der Waals surface area contributed by atoms with Crippen molar-refractivity contribution in [3.8, 4) is 0 Å². The molecule has 1 aromatic carbocycles. The summed E-state index contributed by atoms with van der Waals surface area (Å²) in [6, 6.07) is 0. The number of rotatable bonds is 7. The van der Waals surface area contributed by atoms with Crippen molar-refractivity contribution in [1.82, 2.24) is 0 Å². The van der Waals surface area contributed by atoms with Gasteiger partial charge in [0.15, 0.2) is 0 Å². The van der Waals surface area contributed by atoms with Gasteiger partial charge in [-0.3, -0.25) is 9.59 Å². The van der Waals surface area contributed by atoms with Gasteiger partial charge in [-0.05, 0) is 74.2 Å². The summed E-state index contributed by atoms with van der Waals surface area (Å²) >= 11 is 5.83. The van der Waals surface area contributed by atoms with E-state index in [4.69, 9.17) is 0 Å². The zero-order valence-electron chi connectivity index (χ0n) is 13.1. The summed E-state index contributed by atoms with van der Waals surface area (Å²) in [5.74, 6) is -1.57. The van der Waals surface area contributed by atoms with Crippen molar-refractivity contribution < 1.29 is 19.5 Å². The molecule has 1 rings (SSSR count). The van der Waals surface area contributed by atoms with Crippen LogP contribution in [0.4, 0.5) is 11.4 Å². The highest BCUT2D eigenvalue weighted by atomic mass is 127. The second kappa shape index (κ2) is 10.1. The minimum atomic E-state index is -1.10. The molecule has 0 bridgehead atoms. The number of amides is 2. The highest BCUT2D eigenvalue weighted by molar-refractivity contribution is 14.1. The lowest BCUT2D eigenvalue weighted by Gasteiger charge is -2.18. The second-order valence-corrected chi connectivity index (χ2v) is 8.29. The number of aromatic carboxylic acids is 1. The maximum Gasteiger partial charge on any atom is 0.338 e. The first-order chi connectivity index (χ1) is 11.2. The number of benzene rings is 1. The number of anilines is 2. The number of carbonyl (C=O) groups excluding carboxylic acids is 2. The molecule has 0 saturated heterocycles. The van der Waals surface area contributed by atoms with Crippen LogP contribution in [0, 0.1) is 10.7 Å². The highest BCUT2D eigenvalue weighted by Gasteiger charge is 2.25. The van der Waals surface area contributed by atoms with Gasteiger partial charge in [0, 0.05) is 13.3 Å². The van der Waals surface area contributed by atoms with E-state index in [1.54, 1.807) is 0 Å². The molecule has 0 aliphatic heterocycles. The molecule has 3 N–H and O–H groups in total. The van der Waals surface area contributed by atoms with Crippen molar-refractivity contribution in [3.05, 3.63) is 16.3 Å². The van der Waals surface area contributed by atoms with Crippen LogP contribution in [0.5, 0.6) is 0 Å². The molecule has 6 nitrogen and oxygen atoms in total. The summed E-state index contributed by atoms with van der Waals surface area (Å²) in [5.41, 5.74) is 0.911. The fourth-order valence-corrected chi connectivity index (χ4v) is 6.15. The Hall–Kier alpha value is -0.180. The van der Waals surface area contributed by atoms with Crippen LogP contribution in [-0.2, 0) is 9.59 Å². The average Bonchev–Trinajstić information content (AvgIpc) is 2.48. The summed E-state index contributed by atoms with van der Waals surface area (Å²) in [4.78, 5) is 35.2. The fourth-order valence-electron chi connectivity index (χ4n) is 1.98. The minimum absolute atomic E-state index is 0.0734. The highest BCUT2D eigenvalue weighted by Crippen LogP contribution is 2.39. The van der Waals surface area contributed by atoms with Gasteiger partial charge < -0.3 is 15.7 Å². The Balaban J connectivity index is 3.32. The van der Waals surface area contributed by atoms with Gasteiger partial charge in [-0.25, -0.2) is 4.79 Å². The lowest BCUT2D eigenvalue weighted by molar-refractivity contribution is -0.116. The van der Waals surface area contributed by atoms with Crippen LogP contribution in [-0.4, -0.2) is 22.9 Å². The molecule has 0 heterocycles. The first kappa shape index (κ1) is 21.9. The Labute approximate surface area is 181 Å². The Kier molecular flexibility index (Phi) is 9.19. The van der Waals surface area contributed by atoms with E-state index in [9.17, 15) is 19.5 Å². The maximum atomic E-state index is 12.1. The monoisotopic (exact) mass is 670 g/mol. The summed E-state index contributed by atoms with van der Waals surface area (Å²) in [6.45, 7) is 3.41. The third kappa shape index (κ3) is 5.68. The topological polar surface area (TPSA) is 95.5 Å². The van der Waals surface area contributed by atoms with E-state index in [0.717, 1.165) is 19.3 Å².